The Morgan fingerprint density at radius 2 is 1.92 bits per heavy atom. The Bertz CT molecular complexity index is 663. The van der Waals surface area contributed by atoms with Crippen molar-refractivity contribution in [3.05, 3.63) is 34.3 Å². The third-order valence-electron chi connectivity index (χ3n) is 3.69. The van der Waals surface area contributed by atoms with Gasteiger partial charge in [0.15, 0.2) is 0 Å². The van der Waals surface area contributed by atoms with Gasteiger partial charge in [-0.05, 0) is 36.5 Å². The molecule has 0 saturated heterocycles. The van der Waals surface area contributed by atoms with Gasteiger partial charge >= 0.3 is 0 Å². The number of hydrogen-bond donors (Lipinski definition) is 2. The van der Waals surface area contributed by atoms with Crippen molar-refractivity contribution in [3.8, 4) is 0 Å². The molecule has 1 atom stereocenters. The van der Waals surface area contributed by atoms with E-state index in [9.17, 15) is 13.2 Å². The summed E-state index contributed by atoms with van der Waals surface area (Å²) in [5.74, 6) is 0.215. The van der Waals surface area contributed by atoms with Gasteiger partial charge in [0, 0.05) is 37.6 Å². The van der Waals surface area contributed by atoms with Gasteiger partial charge in [-0.3, -0.25) is 4.79 Å². The molecular weight excluding hydrogens is 406 g/mol. The summed E-state index contributed by atoms with van der Waals surface area (Å²) in [6.07, 6.45) is 1.44. The Labute approximate surface area is 159 Å². The van der Waals surface area contributed by atoms with Crippen LogP contribution in [0.3, 0.4) is 0 Å². The second-order valence-corrected chi connectivity index (χ2v) is 9.52. The molecule has 0 heterocycles. The van der Waals surface area contributed by atoms with Gasteiger partial charge < -0.3 is 5.32 Å². The lowest BCUT2D eigenvalue weighted by atomic mass is 9.90. The number of nitrogens with zero attached hydrogens (tertiary/aromatic N) is 1. The highest BCUT2D eigenvalue weighted by Gasteiger charge is 2.20. The van der Waals surface area contributed by atoms with Gasteiger partial charge in [0.25, 0.3) is 10.2 Å². The van der Waals surface area contributed by atoms with E-state index in [1.165, 1.54) is 14.1 Å². The van der Waals surface area contributed by atoms with Crippen LogP contribution in [0.25, 0.3) is 0 Å². The molecule has 25 heavy (non-hydrogen) atoms. The van der Waals surface area contributed by atoms with Gasteiger partial charge in [0.2, 0.25) is 5.91 Å². The second kappa shape index (κ2) is 10.3. The van der Waals surface area contributed by atoms with Crippen molar-refractivity contribution < 1.29 is 13.2 Å². The Morgan fingerprint density at radius 3 is 2.48 bits per heavy atom. The van der Waals surface area contributed by atoms with Crippen LogP contribution in [0.2, 0.25) is 0 Å². The normalized spacial score (nSPS) is 13.2. The predicted molar refractivity (Wildman–Crippen MR) is 104 cm³/mol. The maximum absolute atomic E-state index is 12.5. The van der Waals surface area contributed by atoms with E-state index in [0.29, 0.717) is 12.3 Å². The molecule has 6 nitrogen and oxygen atoms in total. The van der Waals surface area contributed by atoms with Gasteiger partial charge in [-0.1, -0.05) is 41.9 Å². The highest BCUT2D eigenvalue weighted by Crippen LogP contribution is 2.20. The van der Waals surface area contributed by atoms with E-state index in [1.807, 2.05) is 24.3 Å². The molecule has 1 aromatic rings. The molecule has 1 aromatic carbocycles. The first-order chi connectivity index (χ1) is 11.6. The highest BCUT2D eigenvalue weighted by molar-refractivity contribution is 9.10. The van der Waals surface area contributed by atoms with Crippen LogP contribution in [0.15, 0.2) is 28.7 Å². The molecule has 0 aliphatic rings. The zero-order chi connectivity index (χ0) is 19.0. The van der Waals surface area contributed by atoms with E-state index in [-0.39, 0.29) is 24.9 Å². The molecule has 0 aromatic heterocycles. The molecule has 0 fully saturated rings. The van der Waals surface area contributed by atoms with Crippen molar-refractivity contribution in [1.82, 2.24) is 14.3 Å². The summed E-state index contributed by atoms with van der Waals surface area (Å²) in [7, 11) is -0.550. The van der Waals surface area contributed by atoms with Gasteiger partial charge in [-0.2, -0.15) is 12.7 Å². The standard InChI is InChI=1S/C17H28BrN3O3S/c1-13(2)10-15(11-14-6-5-7-16(18)12-14)17(22)19-8-9-20-25(23,24)21(3)4/h5-7,12-13,15,20H,8-11H2,1-4H3,(H,19,22)/t15-/m0/s1. The van der Waals surface area contributed by atoms with E-state index < -0.39 is 10.2 Å². The molecule has 0 unspecified atom stereocenters. The van der Waals surface area contributed by atoms with Gasteiger partial charge in [0.05, 0.1) is 0 Å². The highest BCUT2D eigenvalue weighted by atomic mass is 79.9. The van der Waals surface area contributed by atoms with Crippen LogP contribution >= 0.6 is 15.9 Å². The first-order valence-electron chi connectivity index (χ1n) is 8.31. The number of carbonyl (C=O) groups excluding carboxylic acids is 1. The summed E-state index contributed by atoms with van der Waals surface area (Å²) in [5, 5.41) is 2.84. The van der Waals surface area contributed by atoms with Crippen LogP contribution in [-0.4, -0.2) is 45.8 Å². The van der Waals surface area contributed by atoms with Gasteiger partial charge in [-0.25, -0.2) is 4.72 Å². The van der Waals surface area contributed by atoms with Crippen LogP contribution in [0.5, 0.6) is 0 Å². The third-order valence-corrected chi connectivity index (χ3v) is 5.71. The number of hydrogen-bond acceptors (Lipinski definition) is 3. The van der Waals surface area contributed by atoms with Crippen LogP contribution < -0.4 is 10.0 Å². The van der Waals surface area contributed by atoms with Crippen LogP contribution in [0, 0.1) is 11.8 Å². The van der Waals surface area contributed by atoms with Gasteiger partial charge in [0.1, 0.15) is 0 Å². The van der Waals surface area contributed by atoms with Crippen molar-refractivity contribution in [2.45, 2.75) is 26.7 Å². The van der Waals surface area contributed by atoms with Crippen molar-refractivity contribution in [3.63, 3.8) is 0 Å². The minimum atomic E-state index is -3.46. The molecule has 8 heteroatoms. The maximum atomic E-state index is 12.5. The van der Waals surface area contributed by atoms with Crippen molar-refractivity contribution in [2.75, 3.05) is 27.2 Å². The first-order valence-corrected chi connectivity index (χ1v) is 10.5. The smallest absolute Gasteiger partial charge is 0.278 e. The molecule has 142 valence electrons. The monoisotopic (exact) mass is 433 g/mol. The number of rotatable bonds is 10. The largest absolute Gasteiger partial charge is 0.355 e. The zero-order valence-electron chi connectivity index (χ0n) is 15.3. The molecule has 1 amide bonds. The Morgan fingerprint density at radius 1 is 1.24 bits per heavy atom. The molecule has 0 saturated carbocycles. The summed E-state index contributed by atoms with van der Waals surface area (Å²) < 4.78 is 27.8. The fourth-order valence-electron chi connectivity index (χ4n) is 2.44. The Balaban J connectivity index is 2.59. The number of carbonyl (C=O) groups is 1. The lowest BCUT2D eigenvalue weighted by molar-refractivity contribution is -0.125. The molecule has 0 aliphatic carbocycles. The summed E-state index contributed by atoms with van der Waals surface area (Å²) in [6.45, 7) is 4.61. The van der Waals surface area contributed by atoms with Crippen LogP contribution in [-0.2, 0) is 21.4 Å². The second-order valence-electron chi connectivity index (χ2n) is 6.63. The van der Waals surface area contributed by atoms with Crippen molar-refractivity contribution >= 4 is 32.0 Å². The Hall–Kier alpha value is -0.960. The van der Waals surface area contributed by atoms with E-state index in [2.05, 4.69) is 39.8 Å². The molecular formula is C17H28BrN3O3S. The maximum Gasteiger partial charge on any atom is 0.278 e. The number of nitrogens with one attached hydrogen (secondary N) is 2. The average Bonchev–Trinajstić information content (AvgIpc) is 2.50. The van der Waals surface area contributed by atoms with Gasteiger partial charge in [-0.15, -0.1) is 0 Å². The minimum absolute atomic E-state index is 0.0438. The number of amides is 1. The molecule has 0 aliphatic heterocycles. The molecule has 2 N–H and O–H groups in total. The lowest BCUT2D eigenvalue weighted by Gasteiger charge is -2.19. The SMILES string of the molecule is CC(C)C[C@@H](Cc1cccc(Br)c1)C(=O)NCCNS(=O)(=O)N(C)C. The molecule has 0 radical (unpaired) electrons. The van der Waals surface area contributed by atoms with E-state index in [0.717, 1.165) is 20.8 Å². The molecule has 1 rings (SSSR count). The lowest BCUT2D eigenvalue weighted by Crippen LogP contribution is -2.41. The summed E-state index contributed by atoms with van der Waals surface area (Å²) in [4.78, 5) is 12.5. The summed E-state index contributed by atoms with van der Waals surface area (Å²) in [6, 6.07) is 7.94. The fourth-order valence-corrected chi connectivity index (χ4v) is 3.50. The fraction of sp³-hybridized carbons (Fsp3) is 0.588. The van der Waals surface area contributed by atoms with Crippen LogP contribution in [0.4, 0.5) is 0 Å². The third kappa shape index (κ3) is 8.31. The van der Waals surface area contributed by atoms with E-state index in [1.54, 1.807) is 0 Å². The Kier molecular flexibility index (Phi) is 9.06. The molecule has 0 spiro atoms. The van der Waals surface area contributed by atoms with Crippen molar-refractivity contribution in [1.29, 1.82) is 0 Å². The van der Waals surface area contributed by atoms with Crippen molar-refractivity contribution in [2.24, 2.45) is 11.8 Å². The average molecular weight is 434 g/mol. The first kappa shape index (κ1) is 22.1. The summed E-state index contributed by atoms with van der Waals surface area (Å²) in [5.41, 5.74) is 1.10. The van der Waals surface area contributed by atoms with E-state index in [4.69, 9.17) is 0 Å². The summed E-state index contributed by atoms with van der Waals surface area (Å²) >= 11 is 3.45. The predicted octanol–water partition coefficient (Wildman–Crippen LogP) is 2.17. The van der Waals surface area contributed by atoms with E-state index >= 15 is 0 Å². The minimum Gasteiger partial charge on any atom is -0.355 e. The number of halogens is 1. The van der Waals surface area contributed by atoms with Crippen LogP contribution in [0.1, 0.15) is 25.8 Å². The quantitative estimate of drug-likeness (QED) is 0.554. The molecule has 0 bridgehead atoms. The zero-order valence-corrected chi connectivity index (χ0v) is 17.7. The number of benzene rings is 1. The topological polar surface area (TPSA) is 78.5 Å².